The predicted molar refractivity (Wildman–Crippen MR) is 137 cm³/mol. The standard InChI is InChI=1S/C25H21Cl2F2N3O2S/c1-3-35-15-10-8-14(9-11-15)22(30-13(2)33)24-31-18-12-17(26)20(21(27)23(18)32-24)16-6-4-5-7-19(16)34-25(28)29/h4-12,22,25H,3H2,1-2H3,(H,30,33)(H,31,32). The molecule has 1 unspecified atom stereocenters. The van der Waals surface area contributed by atoms with Crippen molar-refractivity contribution in [2.75, 3.05) is 5.75 Å². The quantitative estimate of drug-likeness (QED) is 0.229. The summed E-state index contributed by atoms with van der Waals surface area (Å²) in [5, 5.41) is 3.33. The van der Waals surface area contributed by atoms with E-state index in [-0.39, 0.29) is 21.7 Å². The van der Waals surface area contributed by atoms with Crippen LogP contribution in [0.15, 0.2) is 59.5 Å². The molecule has 0 radical (unpaired) electrons. The molecule has 182 valence electrons. The molecule has 0 bridgehead atoms. The van der Waals surface area contributed by atoms with Crippen LogP contribution in [0.1, 0.15) is 31.3 Å². The largest absolute Gasteiger partial charge is 0.434 e. The third-order valence-electron chi connectivity index (χ3n) is 5.21. The Balaban J connectivity index is 1.82. The van der Waals surface area contributed by atoms with Crippen molar-refractivity contribution in [1.29, 1.82) is 0 Å². The molecule has 4 aromatic rings. The van der Waals surface area contributed by atoms with Crippen LogP contribution in [0.25, 0.3) is 22.2 Å². The smallest absolute Gasteiger partial charge is 0.387 e. The highest BCUT2D eigenvalue weighted by Gasteiger charge is 2.24. The first kappa shape index (κ1) is 25.3. The van der Waals surface area contributed by atoms with Crippen LogP contribution in [0.3, 0.4) is 0 Å². The molecule has 0 aliphatic rings. The van der Waals surface area contributed by atoms with Gasteiger partial charge in [0.15, 0.2) is 0 Å². The molecule has 5 nitrogen and oxygen atoms in total. The third-order valence-corrected chi connectivity index (χ3v) is 6.77. The molecule has 0 saturated carbocycles. The van der Waals surface area contributed by atoms with Gasteiger partial charge < -0.3 is 15.0 Å². The van der Waals surface area contributed by atoms with E-state index in [1.165, 1.54) is 13.0 Å². The van der Waals surface area contributed by atoms with Gasteiger partial charge in [0.2, 0.25) is 5.91 Å². The number of hydrogen-bond donors (Lipinski definition) is 2. The second-order valence-electron chi connectivity index (χ2n) is 7.58. The molecule has 1 heterocycles. The number of rotatable bonds is 8. The van der Waals surface area contributed by atoms with E-state index in [0.717, 1.165) is 16.2 Å². The van der Waals surface area contributed by atoms with Crippen LogP contribution in [0.4, 0.5) is 8.78 Å². The summed E-state index contributed by atoms with van der Waals surface area (Å²) < 4.78 is 30.6. The highest BCUT2D eigenvalue weighted by molar-refractivity contribution is 7.99. The number of fused-ring (bicyclic) bond motifs is 1. The van der Waals surface area contributed by atoms with E-state index < -0.39 is 12.7 Å². The van der Waals surface area contributed by atoms with Gasteiger partial charge >= 0.3 is 6.61 Å². The van der Waals surface area contributed by atoms with E-state index in [1.54, 1.807) is 36.0 Å². The minimum atomic E-state index is -3.00. The summed E-state index contributed by atoms with van der Waals surface area (Å²) in [7, 11) is 0. The Morgan fingerprint density at radius 3 is 2.54 bits per heavy atom. The first-order valence-electron chi connectivity index (χ1n) is 10.7. The second-order valence-corrected chi connectivity index (χ2v) is 9.70. The fourth-order valence-corrected chi connectivity index (χ4v) is 5.15. The summed E-state index contributed by atoms with van der Waals surface area (Å²) in [6.45, 7) is 0.502. The lowest BCUT2D eigenvalue weighted by Gasteiger charge is -2.16. The van der Waals surface area contributed by atoms with E-state index >= 15 is 0 Å². The fraction of sp³-hybridized carbons (Fsp3) is 0.200. The van der Waals surface area contributed by atoms with Crippen molar-refractivity contribution in [3.63, 3.8) is 0 Å². The molecule has 35 heavy (non-hydrogen) atoms. The van der Waals surface area contributed by atoms with Crippen molar-refractivity contribution in [1.82, 2.24) is 15.3 Å². The number of aromatic nitrogens is 2. The van der Waals surface area contributed by atoms with Crippen molar-refractivity contribution >= 4 is 51.9 Å². The van der Waals surface area contributed by atoms with E-state index in [4.69, 9.17) is 23.2 Å². The van der Waals surface area contributed by atoms with Gasteiger partial charge in [-0.05, 0) is 35.6 Å². The number of alkyl halides is 2. The lowest BCUT2D eigenvalue weighted by atomic mass is 10.0. The number of hydrogen-bond acceptors (Lipinski definition) is 4. The monoisotopic (exact) mass is 535 g/mol. The zero-order chi connectivity index (χ0) is 25.1. The molecule has 0 saturated heterocycles. The summed E-state index contributed by atoms with van der Waals surface area (Å²) in [5.74, 6) is 1.12. The fourth-order valence-electron chi connectivity index (χ4n) is 3.79. The van der Waals surface area contributed by atoms with Crippen molar-refractivity contribution in [3.05, 3.63) is 76.0 Å². The lowest BCUT2D eigenvalue weighted by molar-refractivity contribution is -0.119. The van der Waals surface area contributed by atoms with Gasteiger partial charge in [-0.1, -0.05) is 60.5 Å². The molecule has 1 atom stereocenters. The molecule has 0 spiro atoms. The Bertz CT molecular complexity index is 1360. The Morgan fingerprint density at radius 1 is 1.17 bits per heavy atom. The van der Waals surface area contributed by atoms with Crippen molar-refractivity contribution in [2.24, 2.45) is 0 Å². The number of H-pyrrole nitrogens is 1. The number of carbonyl (C=O) groups is 1. The summed E-state index contributed by atoms with van der Waals surface area (Å²) >= 11 is 15.0. The Morgan fingerprint density at radius 2 is 1.89 bits per heavy atom. The lowest BCUT2D eigenvalue weighted by Crippen LogP contribution is -2.27. The molecular weight excluding hydrogens is 515 g/mol. The minimum Gasteiger partial charge on any atom is -0.434 e. The predicted octanol–water partition coefficient (Wildman–Crippen LogP) is 7.48. The van der Waals surface area contributed by atoms with Crippen LogP contribution < -0.4 is 10.1 Å². The maximum Gasteiger partial charge on any atom is 0.387 e. The number of ether oxygens (including phenoxy) is 1. The average molecular weight is 536 g/mol. The highest BCUT2D eigenvalue weighted by atomic mass is 35.5. The van der Waals surface area contributed by atoms with E-state index in [0.29, 0.717) is 28.0 Å². The molecule has 4 rings (SSSR count). The zero-order valence-corrected chi connectivity index (χ0v) is 21.1. The first-order chi connectivity index (χ1) is 16.8. The molecule has 0 aliphatic heterocycles. The average Bonchev–Trinajstić information content (AvgIpc) is 3.23. The number of imidazole rings is 1. The SMILES string of the molecule is CCSc1ccc(C(NC(C)=O)c2nc3c(Cl)c(-c4ccccc4OC(F)F)c(Cl)cc3[nH]2)cc1. The molecule has 10 heteroatoms. The van der Waals surface area contributed by atoms with Crippen LogP contribution >= 0.6 is 35.0 Å². The number of aromatic amines is 1. The maximum atomic E-state index is 13.0. The van der Waals surface area contributed by atoms with Gasteiger partial charge in [-0.25, -0.2) is 4.98 Å². The van der Waals surface area contributed by atoms with E-state index in [9.17, 15) is 13.6 Å². The van der Waals surface area contributed by atoms with Crippen molar-refractivity contribution < 1.29 is 18.3 Å². The van der Waals surface area contributed by atoms with Gasteiger partial charge in [0, 0.05) is 22.9 Å². The van der Waals surface area contributed by atoms with Crippen LogP contribution in [0, 0.1) is 0 Å². The number of benzene rings is 3. The van der Waals surface area contributed by atoms with Gasteiger partial charge in [0.25, 0.3) is 0 Å². The van der Waals surface area contributed by atoms with Crippen LogP contribution in [-0.2, 0) is 4.79 Å². The normalized spacial score (nSPS) is 12.2. The minimum absolute atomic E-state index is 0.0532. The molecule has 3 aromatic carbocycles. The molecule has 1 amide bonds. The Labute approximate surface area is 215 Å². The second kappa shape index (κ2) is 10.8. The molecular formula is C25H21Cl2F2N3O2S. The topological polar surface area (TPSA) is 67.0 Å². The summed E-state index contributed by atoms with van der Waals surface area (Å²) in [6, 6.07) is 15.2. The van der Waals surface area contributed by atoms with Gasteiger partial charge in [0.1, 0.15) is 23.1 Å². The number of carbonyl (C=O) groups excluding carboxylic acids is 1. The number of thioether (sulfide) groups is 1. The van der Waals surface area contributed by atoms with Gasteiger partial charge in [0.05, 0.1) is 15.6 Å². The Kier molecular flexibility index (Phi) is 7.84. The van der Waals surface area contributed by atoms with Crippen LogP contribution in [0.2, 0.25) is 10.0 Å². The number of amides is 1. The first-order valence-corrected chi connectivity index (χ1v) is 12.4. The van der Waals surface area contributed by atoms with Gasteiger partial charge in [-0.2, -0.15) is 8.78 Å². The van der Waals surface area contributed by atoms with Gasteiger partial charge in [-0.3, -0.25) is 4.79 Å². The summed E-state index contributed by atoms with van der Waals surface area (Å²) in [5.41, 5.74) is 2.41. The third kappa shape index (κ3) is 5.55. The van der Waals surface area contributed by atoms with E-state index in [1.807, 2.05) is 24.3 Å². The Hall–Kier alpha value is -2.81. The number of halogens is 4. The molecule has 1 aromatic heterocycles. The highest BCUT2D eigenvalue weighted by Crippen LogP contribution is 2.43. The van der Waals surface area contributed by atoms with Gasteiger partial charge in [-0.15, -0.1) is 11.8 Å². The molecule has 0 fully saturated rings. The van der Waals surface area contributed by atoms with Crippen LogP contribution in [0.5, 0.6) is 5.75 Å². The van der Waals surface area contributed by atoms with Crippen molar-refractivity contribution in [2.45, 2.75) is 31.4 Å². The number of nitrogens with one attached hydrogen (secondary N) is 2. The zero-order valence-electron chi connectivity index (χ0n) is 18.7. The number of nitrogens with zero attached hydrogens (tertiary/aromatic N) is 1. The van der Waals surface area contributed by atoms with Crippen LogP contribution in [-0.4, -0.2) is 28.2 Å². The maximum absolute atomic E-state index is 13.0. The number of para-hydroxylation sites is 1. The summed E-state index contributed by atoms with van der Waals surface area (Å²) in [6.07, 6.45) is 0. The van der Waals surface area contributed by atoms with E-state index in [2.05, 4.69) is 26.9 Å². The van der Waals surface area contributed by atoms with Crippen molar-refractivity contribution in [3.8, 4) is 16.9 Å². The summed E-state index contributed by atoms with van der Waals surface area (Å²) in [4.78, 5) is 21.0. The molecule has 0 aliphatic carbocycles. The molecule has 2 N–H and O–H groups in total.